The molecule has 4 aromatic carbocycles. The fraction of sp³-hybridized carbons (Fsp3) is 0.235. The van der Waals surface area contributed by atoms with Gasteiger partial charge in [0.1, 0.15) is 0 Å². The normalized spacial score (nSPS) is 10.6. The van der Waals surface area contributed by atoms with Crippen molar-refractivity contribution in [1.82, 2.24) is 5.32 Å². The van der Waals surface area contributed by atoms with Gasteiger partial charge in [-0.05, 0) is 73.2 Å². The Bertz CT molecular complexity index is 1360. The first-order valence-electron chi connectivity index (χ1n) is 13.8. The summed E-state index contributed by atoms with van der Waals surface area (Å²) in [7, 11) is 0. The summed E-state index contributed by atoms with van der Waals surface area (Å²) in [6.45, 7) is 3.36. The Morgan fingerprint density at radius 1 is 0.750 bits per heavy atom. The molecular weight excluding hydrogens is 516 g/mol. The zero-order chi connectivity index (χ0) is 28.0. The highest BCUT2D eigenvalue weighted by molar-refractivity contribution is 7.99. The van der Waals surface area contributed by atoms with Crippen molar-refractivity contribution < 1.29 is 14.3 Å². The van der Waals surface area contributed by atoms with Gasteiger partial charge in [0, 0.05) is 28.6 Å². The van der Waals surface area contributed by atoms with Crippen molar-refractivity contribution in [2.24, 2.45) is 0 Å². The van der Waals surface area contributed by atoms with Crippen molar-refractivity contribution in [3.63, 3.8) is 0 Å². The number of hydrogen-bond donors (Lipinski definition) is 1. The Morgan fingerprint density at radius 2 is 1.38 bits per heavy atom. The lowest BCUT2D eigenvalue weighted by molar-refractivity contribution is -0.142. The van der Waals surface area contributed by atoms with Crippen LogP contribution in [0.3, 0.4) is 0 Å². The Labute approximate surface area is 241 Å². The van der Waals surface area contributed by atoms with Crippen LogP contribution in [-0.2, 0) is 28.8 Å². The van der Waals surface area contributed by atoms with Crippen molar-refractivity contribution in [3.05, 3.63) is 126 Å². The summed E-state index contributed by atoms with van der Waals surface area (Å²) in [4.78, 5) is 29.2. The number of carbonyl (C=O) groups excluding carboxylic acids is 2. The molecule has 0 heterocycles. The van der Waals surface area contributed by atoms with Crippen molar-refractivity contribution in [2.75, 3.05) is 24.6 Å². The molecule has 1 N–H and O–H groups in total. The van der Waals surface area contributed by atoms with Gasteiger partial charge < -0.3 is 10.1 Å². The molecule has 0 aliphatic heterocycles. The minimum atomic E-state index is -0.226. The van der Waals surface area contributed by atoms with Gasteiger partial charge in [0.2, 0.25) is 0 Å². The second kappa shape index (κ2) is 15.5. The fourth-order valence-electron chi connectivity index (χ4n) is 4.44. The molecule has 0 radical (unpaired) electrons. The van der Waals surface area contributed by atoms with Crippen LogP contribution in [0.4, 0.5) is 10.5 Å². The number of urea groups is 1. The predicted octanol–water partition coefficient (Wildman–Crippen LogP) is 7.33. The van der Waals surface area contributed by atoms with E-state index in [1.807, 2.05) is 90.7 Å². The van der Waals surface area contributed by atoms with Crippen LogP contribution >= 0.6 is 11.8 Å². The lowest BCUT2D eigenvalue weighted by Gasteiger charge is -2.24. The van der Waals surface area contributed by atoms with E-state index in [1.54, 1.807) is 11.8 Å². The first-order chi connectivity index (χ1) is 19.6. The average molecular weight is 553 g/mol. The van der Waals surface area contributed by atoms with Crippen molar-refractivity contribution in [3.8, 4) is 0 Å². The molecule has 0 bridgehead atoms. The number of hydrogen-bond acceptors (Lipinski definition) is 4. The van der Waals surface area contributed by atoms with Crippen LogP contribution in [0.25, 0.3) is 0 Å². The number of benzene rings is 4. The number of esters is 1. The standard InChI is InChI=1S/C34H36N2O3S/c1-2-39-33(37)25-29-16-9-19-31(24-29)40-32-20-10-18-30(26-32)36(23-11-17-27-12-5-3-6-13-27)34(38)35-22-21-28-14-7-4-8-15-28/h3-10,12-16,18-20,24,26H,2,11,17,21-23,25H2,1H3,(H,35,38). The second-order valence-electron chi connectivity index (χ2n) is 9.44. The number of amides is 2. The van der Waals surface area contributed by atoms with Crippen LogP contribution in [0.5, 0.6) is 0 Å². The molecule has 206 valence electrons. The van der Waals surface area contributed by atoms with Crippen molar-refractivity contribution in [1.29, 1.82) is 0 Å². The molecule has 0 atom stereocenters. The van der Waals surface area contributed by atoms with E-state index in [0.29, 0.717) is 19.7 Å². The van der Waals surface area contributed by atoms with Crippen LogP contribution < -0.4 is 10.2 Å². The fourth-order valence-corrected chi connectivity index (χ4v) is 5.39. The molecule has 4 aromatic rings. The number of nitrogens with one attached hydrogen (secondary N) is 1. The summed E-state index contributed by atoms with van der Waals surface area (Å²) in [6, 6.07) is 36.5. The molecule has 2 amide bonds. The van der Waals surface area contributed by atoms with Crippen LogP contribution in [0, 0.1) is 0 Å². The number of nitrogens with zero attached hydrogens (tertiary/aromatic N) is 1. The third kappa shape index (κ3) is 9.31. The molecule has 0 aromatic heterocycles. The summed E-state index contributed by atoms with van der Waals surface area (Å²) in [5, 5.41) is 3.12. The first kappa shape index (κ1) is 29.0. The number of rotatable bonds is 13. The maximum Gasteiger partial charge on any atom is 0.321 e. The van der Waals surface area contributed by atoms with Gasteiger partial charge in [-0.1, -0.05) is 90.6 Å². The topological polar surface area (TPSA) is 58.6 Å². The number of ether oxygens (including phenoxy) is 1. The van der Waals surface area contributed by atoms with Gasteiger partial charge in [0.05, 0.1) is 13.0 Å². The maximum absolute atomic E-state index is 13.4. The Hall–Kier alpha value is -4.03. The Balaban J connectivity index is 1.45. The van der Waals surface area contributed by atoms with E-state index in [1.165, 1.54) is 11.1 Å². The van der Waals surface area contributed by atoms with Gasteiger partial charge >= 0.3 is 12.0 Å². The highest BCUT2D eigenvalue weighted by Crippen LogP contribution is 2.31. The van der Waals surface area contributed by atoms with Gasteiger partial charge in [0.25, 0.3) is 0 Å². The van der Waals surface area contributed by atoms with Crippen molar-refractivity contribution >= 4 is 29.4 Å². The average Bonchev–Trinajstić information content (AvgIpc) is 2.97. The number of aryl methyl sites for hydroxylation is 1. The van der Waals surface area contributed by atoms with Crippen LogP contribution in [0.15, 0.2) is 119 Å². The molecule has 6 heteroatoms. The van der Waals surface area contributed by atoms with E-state index in [0.717, 1.165) is 40.3 Å². The molecule has 0 spiro atoms. The van der Waals surface area contributed by atoms with Gasteiger partial charge in [-0.3, -0.25) is 9.69 Å². The largest absolute Gasteiger partial charge is 0.466 e. The molecule has 4 rings (SSSR count). The molecule has 0 aliphatic carbocycles. The zero-order valence-corrected chi connectivity index (χ0v) is 23.7. The lowest BCUT2D eigenvalue weighted by atomic mass is 10.1. The van der Waals surface area contributed by atoms with Gasteiger partial charge in [-0.2, -0.15) is 0 Å². The third-order valence-corrected chi connectivity index (χ3v) is 7.36. The second-order valence-corrected chi connectivity index (χ2v) is 10.6. The zero-order valence-electron chi connectivity index (χ0n) is 22.9. The van der Waals surface area contributed by atoms with Gasteiger partial charge in [0.15, 0.2) is 0 Å². The summed E-state index contributed by atoms with van der Waals surface area (Å²) in [5.74, 6) is -0.226. The van der Waals surface area contributed by atoms with E-state index in [2.05, 4.69) is 35.6 Å². The maximum atomic E-state index is 13.4. The molecule has 5 nitrogen and oxygen atoms in total. The van der Waals surface area contributed by atoms with Crippen LogP contribution in [0.1, 0.15) is 30.0 Å². The molecular formula is C34H36N2O3S. The van der Waals surface area contributed by atoms with E-state index in [4.69, 9.17) is 4.74 Å². The smallest absolute Gasteiger partial charge is 0.321 e. The third-order valence-electron chi connectivity index (χ3n) is 6.39. The van der Waals surface area contributed by atoms with E-state index < -0.39 is 0 Å². The monoisotopic (exact) mass is 552 g/mol. The Kier molecular flexibility index (Phi) is 11.2. The summed E-state index contributed by atoms with van der Waals surface area (Å²) in [6.07, 6.45) is 2.78. The van der Waals surface area contributed by atoms with E-state index in [-0.39, 0.29) is 18.4 Å². The highest BCUT2D eigenvalue weighted by Gasteiger charge is 2.16. The minimum absolute atomic E-state index is 0.0948. The summed E-state index contributed by atoms with van der Waals surface area (Å²) >= 11 is 1.61. The van der Waals surface area contributed by atoms with Crippen LogP contribution in [0.2, 0.25) is 0 Å². The highest BCUT2D eigenvalue weighted by atomic mass is 32.2. The lowest BCUT2D eigenvalue weighted by Crippen LogP contribution is -2.41. The molecule has 0 saturated heterocycles. The number of anilines is 1. The Morgan fingerprint density at radius 3 is 2.08 bits per heavy atom. The minimum Gasteiger partial charge on any atom is -0.466 e. The summed E-state index contributed by atoms with van der Waals surface area (Å²) < 4.78 is 5.09. The predicted molar refractivity (Wildman–Crippen MR) is 163 cm³/mol. The number of carbonyl (C=O) groups is 2. The first-order valence-corrected chi connectivity index (χ1v) is 14.6. The van der Waals surface area contributed by atoms with Gasteiger partial charge in [-0.25, -0.2) is 4.79 Å². The quantitative estimate of drug-likeness (QED) is 0.176. The van der Waals surface area contributed by atoms with E-state index in [9.17, 15) is 9.59 Å². The molecule has 0 aliphatic rings. The molecule has 0 fully saturated rings. The SMILES string of the molecule is CCOC(=O)Cc1cccc(Sc2cccc(N(CCCc3ccccc3)C(=O)NCCc3ccccc3)c2)c1. The van der Waals surface area contributed by atoms with Crippen LogP contribution in [-0.4, -0.2) is 31.7 Å². The van der Waals surface area contributed by atoms with E-state index >= 15 is 0 Å². The molecule has 0 unspecified atom stereocenters. The summed E-state index contributed by atoms with van der Waals surface area (Å²) in [5.41, 5.74) is 4.24. The van der Waals surface area contributed by atoms with Gasteiger partial charge in [-0.15, -0.1) is 0 Å². The molecule has 40 heavy (non-hydrogen) atoms. The molecule has 0 saturated carbocycles. The van der Waals surface area contributed by atoms with Crippen molar-refractivity contribution in [2.45, 2.75) is 42.4 Å².